The lowest BCUT2D eigenvalue weighted by Crippen LogP contribution is -2.51. The van der Waals surface area contributed by atoms with E-state index in [9.17, 15) is 5.11 Å². The molecule has 1 aromatic heterocycles. The first-order chi connectivity index (χ1) is 8.61. The van der Waals surface area contributed by atoms with E-state index in [0.717, 1.165) is 31.0 Å². The second-order valence-electron chi connectivity index (χ2n) is 5.11. The maximum Gasteiger partial charge on any atom is 0.128 e. The number of hydrogen-bond donors (Lipinski definition) is 1. The predicted molar refractivity (Wildman–Crippen MR) is 73.8 cm³/mol. The Kier molecular flexibility index (Phi) is 4.19. The van der Waals surface area contributed by atoms with Gasteiger partial charge in [-0.2, -0.15) is 0 Å². The minimum Gasteiger partial charge on any atom is -0.389 e. The molecule has 18 heavy (non-hydrogen) atoms. The van der Waals surface area contributed by atoms with Gasteiger partial charge in [-0.3, -0.25) is 4.90 Å². The number of piperazine rings is 1. The Balaban J connectivity index is 2.07. The molecule has 1 aliphatic heterocycles. The minimum absolute atomic E-state index is 0.442. The highest BCUT2D eigenvalue weighted by atomic mass is 16.3. The zero-order valence-corrected chi connectivity index (χ0v) is 11.5. The van der Waals surface area contributed by atoms with Crippen molar-refractivity contribution < 1.29 is 5.11 Å². The normalized spacial score (nSPS) is 23.1. The highest BCUT2D eigenvalue weighted by Crippen LogP contribution is 2.19. The molecule has 2 atom stereocenters. The quantitative estimate of drug-likeness (QED) is 0.884. The summed E-state index contributed by atoms with van der Waals surface area (Å²) in [5.74, 6) is 1.02. The van der Waals surface area contributed by atoms with Crippen LogP contribution >= 0.6 is 0 Å². The molecule has 0 saturated carbocycles. The van der Waals surface area contributed by atoms with Crippen molar-refractivity contribution in [1.29, 1.82) is 0 Å². The number of hydrogen-bond acceptors (Lipinski definition) is 4. The second kappa shape index (κ2) is 5.67. The molecule has 2 rings (SSSR count). The third-order valence-corrected chi connectivity index (χ3v) is 3.83. The van der Waals surface area contributed by atoms with Gasteiger partial charge in [0, 0.05) is 31.9 Å². The van der Waals surface area contributed by atoms with Crippen molar-refractivity contribution in [3.63, 3.8) is 0 Å². The zero-order valence-electron chi connectivity index (χ0n) is 11.5. The summed E-state index contributed by atoms with van der Waals surface area (Å²) in [5, 5.41) is 9.48. The van der Waals surface area contributed by atoms with E-state index in [-0.39, 0.29) is 0 Å². The van der Waals surface area contributed by atoms with E-state index in [1.165, 1.54) is 6.42 Å². The molecule has 0 radical (unpaired) electrons. The van der Waals surface area contributed by atoms with Gasteiger partial charge in [0.05, 0.1) is 6.10 Å². The molecule has 100 valence electrons. The Bertz CT molecular complexity index is 377. The van der Waals surface area contributed by atoms with Gasteiger partial charge >= 0.3 is 0 Å². The third-order valence-electron chi connectivity index (χ3n) is 3.83. The summed E-state index contributed by atoms with van der Waals surface area (Å²) in [6.45, 7) is 7.13. The van der Waals surface area contributed by atoms with Crippen LogP contribution in [0.4, 0.5) is 5.82 Å². The summed E-state index contributed by atoms with van der Waals surface area (Å²) >= 11 is 0. The number of nitrogens with zero attached hydrogens (tertiary/aromatic N) is 3. The van der Waals surface area contributed by atoms with E-state index in [0.29, 0.717) is 6.04 Å². The molecule has 1 N–H and O–H groups in total. The molecular weight excluding hydrogens is 226 g/mol. The minimum atomic E-state index is -0.442. The lowest BCUT2D eigenvalue weighted by molar-refractivity contribution is 0.198. The summed E-state index contributed by atoms with van der Waals surface area (Å²) in [4.78, 5) is 9.22. The Hall–Kier alpha value is -1.13. The van der Waals surface area contributed by atoms with Gasteiger partial charge in [0.2, 0.25) is 0 Å². The number of pyridine rings is 1. The molecule has 1 fully saturated rings. The molecule has 0 amide bonds. The topological polar surface area (TPSA) is 39.6 Å². The van der Waals surface area contributed by atoms with Crippen molar-refractivity contribution in [3.05, 3.63) is 23.9 Å². The van der Waals surface area contributed by atoms with Crippen LogP contribution in [0, 0.1) is 0 Å². The fourth-order valence-electron chi connectivity index (χ4n) is 2.43. The maximum absolute atomic E-state index is 9.48. The molecule has 1 unspecified atom stereocenters. The summed E-state index contributed by atoms with van der Waals surface area (Å²) in [6.07, 6.45) is 2.50. The van der Waals surface area contributed by atoms with Crippen LogP contribution in [0.25, 0.3) is 0 Å². The second-order valence-corrected chi connectivity index (χ2v) is 5.11. The zero-order chi connectivity index (χ0) is 13.1. The van der Waals surface area contributed by atoms with Crippen molar-refractivity contribution in [2.75, 3.05) is 31.6 Å². The van der Waals surface area contributed by atoms with Gasteiger partial charge in [-0.15, -0.1) is 0 Å². The summed E-state index contributed by atoms with van der Waals surface area (Å²) in [5.41, 5.74) is 0.875. The predicted octanol–water partition coefficient (Wildman–Crippen LogP) is 1.67. The monoisotopic (exact) mass is 249 g/mol. The number of aromatic nitrogens is 1. The van der Waals surface area contributed by atoms with Crippen molar-refractivity contribution >= 4 is 5.82 Å². The summed E-state index contributed by atoms with van der Waals surface area (Å²) in [7, 11) is 2.19. The fraction of sp³-hybridized carbons (Fsp3) is 0.643. The number of anilines is 1. The lowest BCUT2D eigenvalue weighted by atomic mass is 10.1. The van der Waals surface area contributed by atoms with E-state index >= 15 is 0 Å². The van der Waals surface area contributed by atoms with Gasteiger partial charge in [0.15, 0.2) is 0 Å². The molecule has 2 heterocycles. The highest BCUT2D eigenvalue weighted by Gasteiger charge is 2.23. The molecule has 0 aromatic carbocycles. The van der Waals surface area contributed by atoms with Crippen molar-refractivity contribution in [1.82, 2.24) is 9.88 Å². The number of aliphatic hydroxyl groups excluding tert-OH is 1. The standard InChI is InChI=1S/C14H23N3O/c1-4-13-10-17(8-7-16(13)3)14-6-5-12(9-15-14)11(2)18/h5-6,9,11,13,18H,4,7-8,10H2,1-3H3/t11-,13?/m1/s1. The van der Waals surface area contributed by atoms with Gasteiger partial charge in [0.1, 0.15) is 5.82 Å². The average Bonchev–Trinajstić information content (AvgIpc) is 2.39. The first-order valence-electron chi connectivity index (χ1n) is 6.71. The number of likely N-dealkylation sites (N-methyl/N-ethyl adjacent to an activating group) is 1. The molecule has 4 heteroatoms. The third kappa shape index (κ3) is 2.82. The Labute approximate surface area is 109 Å². The van der Waals surface area contributed by atoms with Crippen molar-refractivity contribution in [2.45, 2.75) is 32.4 Å². The number of rotatable bonds is 3. The largest absolute Gasteiger partial charge is 0.389 e. The first kappa shape index (κ1) is 13.3. The molecule has 1 aliphatic rings. The SMILES string of the molecule is CCC1CN(c2ccc([C@@H](C)O)cn2)CCN1C. The lowest BCUT2D eigenvalue weighted by Gasteiger charge is -2.39. The van der Waals surface area contributed by atoms with Crippen LogP contribution in [0.1, 0.15) is 31.9 Å². The summed E-state index contributed by atoms with van der Waals surface area (Å²) < 4.78 is 0. The van der Waals surface area contributed by atoms with Gasteiger partial charge < -0.3 is 10.0 Å². The van der Waals surface area contributed by atoms with Gasteiger partial charge in [-0.1, -0.05) is 13.0 Å². The smallest absolute Gasteiger partial charge is 0.128 e. The molecule has 0 aliphatic carbocycles. The van der Waals surface area contributed by atoms with Crippen LogP contribution in [0.15, 0.2) is 18.3 Å². The van der Waals surface area contributed by atoms with Crippen molar-refractivity contribution in [3.8, 4) is 0 Å². The molecule has 1 saturated heterocycles. The van der Waals surface area contributed by atoms with Crippen LogP contribution in [0.2, 0.25) is 0 Å². The van der Waals surface area contributed by atoms with Crippen molar-refractivity contribution in [2.24, 2.45) is 0 Å². The Morgan fingerprint density at radius 1 is 1.44 bits per heavy atom. The fourth-order valence-corrected chi connectivity index (χ4v) is 2.43. The van der Waals surface area contributed by atoms with E-state index in [1.54, 1.807) is 13.1 Å². The van der Waals surface area contributed by atoms with Crippen LogP contribution in [-0.4, -0.2) is 47.7 Å². The van der Waals surface area contributed by atoms with Crippen LogP contribution < -0.4 is 4.90 Å². The van der Waals surface area contributed by atoms with E-state index in [1.807, 2.05) is 12.1 Å². The van der Waals surface area contributed by atoms with Gasteiger partial charge in [0.25, 0.3) is 0 Å². The van der Waals surface area contributed by atoms with E-state index in [2.05, 4.69) is 28.8 Å². The highest BCUT2D eigenvalue weighted by molar-refractivity contribution is 5.40. The Morgan fingerprint density at radius 3 is 2.78 bits per heavy atom. The van der Waals surface area contributed by atoms with E-state index in [4.69, 9.17) is 0 Å². The molecule has 4 nitrogen and oxygen atoms in total. The maximum atomic E-state index is 9.48. The first-order valence-corrected chi connectivity index (χ1v) is 6.71. The van der Waals surface area contributed by atoms with Crippen LogP contribution in [0.5, 0.6) is 0 Å². The summed E-state index contributed by atoms with van der Waals surface area (Å²) in [6, 6.07) is 4.59. The molecule has 0 bridgehead atoms. The molecule has 0 spiro atoms. The average molecular weight is 249 g/mol. The van der Waals surface area contributed by atoms with Gasteiger partial charge in [-0.25, -0.2) is 4.98 Å². The van der Waals surface area contributed by atoms with Gasteiger partial charge in [-0.05, 0) is 32.0 Å². The molecule has 1 aromatic rings. The van der Waals surface area contributed by atoms with E-state index < -0.39 is 6.10 Å². The van der Waals surface area contributed by atoms with Crippen LogP contribution in [-0.2, 0) is 0 Å². The van der Waals surface area contributed by atoms with Crippen LogP contribution in [0.3, 0.4) is 0 Å². The molecular formula is C14H23N3O. The number of aliphatic hydroxyl groups is 1. The Morgan fingerprint density at radius 2 is 2.22 bits per heavy atom.